The van der Waals surface area contributed by atoms with E-state index in [1.807, 2.05) is 22.7 Å². The highest BCUT2D eigenvalue weighted by molar-refractivity contribution is 7.11. The van der Waals surface area contributed by atoms with Gasteiger partial charge in [-0.1, -0.05) is 12.1 Å². The summed E-state index contributed by atoms with van der Waals surface area (Å²) in [6.45, 7) is 1.88. The molecule has 0 fully saturated rings. The molecule has 0 saturated heterocycles. The van der Waals surface area contributed by atoms with Crippen LogP contribution in [0.3, 0.4) is 0 Å². The van der Waals surface area contributed by atoms with Gasteiger partial charge in [0.2, 0.25) is 0 Å². The second kappa shape index (κ2) is 7.69. The molecule has 0 aliphatic rings. The summed E-state index contributed by atoms with van der Waals surface area (Å²) in [6.07, 6.45) is 2.27. The van der Waals surface area contributed by atoms with Gasteiger partial charge in [-0.3, -0.25) is 0 Å². The van der Waals surface area contributed by atoms with Gasteiger partial charge in [0.1, 0.15) is 0 Å². The van der Waals surface area contributed by atoms with Crippen LogP contribution in [0.2, 0.25) is 0 Å². The Morgan fingerprint density at radius 1 is 1.11 bits per heavy atom. The zero-order valence-electron chi connectivity index (χ0n) is 10.6. The Labute approximate surface area is 117 Å². The van der Waals surface area contributed by atoms with Crippen LogP contribution in [0.4, 0.5) is 0 Å². The van der Waals surface area contributed by atoms with Crippen molar-refractivity contribution in [3.05, 3.63) is 44.8 Å². The van der Waals surface area contributed by atoms with E-state index in [0.29, 0.717) is 6.04 Å². The van der Waals surface area contributed by atoms with Gasteiger partial charge in [0, 0.05) is 23.5 Å². The molecule has 0 unspecified atom stereocenters. The summed E-state index contributed by atoms with van der Waals surface area (Å²) in [7, 11) is 1.76. The Morgan fingerprint density at radius 3 is 2.28 bits per heavy atom. The number of ether oxygens (including phenoxy) is 1. The molecule has 0 bridgehead atoms. The lowest BCUT2D eigenvalue weighted by molar-refractivity contribution is 0.192. The predicted octanol–water partition coefficient (Wildman–Crippen LogP) is 3.92. The summed E-state index contributed by atoms with van der Waals surface area (Å²) in [5, 5.41) is 7.93. The Hall–Kier alpha value is -0.680. The zero-order chi connectivity index (χ0) is 12.6. The van der Waals surface area contributed by atoms with Crippen LogP contribution in [-0.4, -0.2) is 20.3 Å². The minimum Gasteiger partial charge on any atom is -0.385 e. The van der Waals surface area contributed by atoms with Gasteiger partial charge >= 0.3 is 0 Å². The molecule has 2 aromatic heterocycles. The average molecular weight is 281 g/mol. The van der Waals surface area contributed by atoms with Gasteiger partial charge in [0.25, 0.3) is 0 Å². The number of nitrogens with one attached hydrogen (secondary N) is 1. The average Bonchev–Trinajstić information content (AvgIpc) is 3.06. The molecule has 4 heteroatoms. The molecule has 0 radical (unpaired) electrons. The monoisotopic (exact) mass is 281 g/mol. The quantitative estimate of drug-likeness (QED) is 0.741. The van der Waals surface area contributed by atoms with Crippen molar-refractivity contribution < 1.29 is 4.74 Å². The number of thiophene rings is 2. The fraction of sp³-hybridized carbons (Fsp3) is 0.429. The molecular formula is C14H19NOS2. The molecule has 0 atom stereocenters. The molecule has 0 aliphatic carbocycles. The Kier molecular flexibility index (Phi) is 5.87. The summed E-state index contributed by atoms with van der Waals surface area (Å²) >= 11 is 3.63. The molecule has 0 saturated carbocycles. The first-order chi connectivity index (χ1) is 8.92. The molecule has 0 aromatic carbocycles. The van der Waals surface area contributed by atoms with E-state index in [-0.39, 0.29) is 0 Å². The normalized spacial score (nSPS) is 11.2. The Bertz CT molecular complexity index is 377. The first-order valence-electron chi connectivity index (χ1n) is 6.21. The lowest BCUT2D eigenvalue weighted by Gasteiger charge is -2.16. The van der Waals surface area contributed by atoms with Crippen molar-refractivity contribution in [3.63, 3.8) is 0 Å². The first-order valence-corrected chi connectivity index (χ1v) is 7.97. The van der Waals surface area contributed by atoms with Gasteiger partial charge in [0.15, 0.2) is 0 Å². The van der Waals surface area contributed by atoms with Crippen molar-refractivity contribution in [3.8, 4) is 0 Å². The molecule has 2 aromatic rings. The van der Waals surface area contributed by atoms with Gasteiger partial charge in [-0.15, -0.1) is 22.7 Å². The highest BCUT2D eigenvalue weighted by Crippen LogP contribution is 2.28. The van der Waals surface area contributed by atoms with Crippen LogP contribution in [0.1, 0.15) is 28.6 Å². The van der Waals surface area contributed by atoms with Gasteiger partial charge in [-0.05, 0) is 42.3 Å². The van der Waals surface area contributed by atoms with Crippen molar-refractivity contribution in [1.82, 2.24) is 5.32 Å². The van der Waals surface area contributed by atoms with E-state index in [9.17, 15) is 0 Å². The van der Waals surface area contributed by atoms with Gasteiger partial charge in [-0.25, -0.2) is 0 Å². The van der Waals surface area contributed by atoms with E-state index >= 15 is 0 Å². The maximum absolute atomic E-state index is 5.07. The molecule has 2 rings (SSSR count). The fourth-order valence-electron chi connectivity index (χ4n) is 1.87. The van der Waals surface area contributed by atoms with E-state index in [1.54, 1.807) is 7.11 Å². The molecule has 0 spiro atoms. The molecule has 0 aliphatic heterocycles. The number of rotatable bonds is 8. The number of hydrogen-bond donors (Lipinski definition) is 1. The minimum atomic E-state index is 0.354. The topological polar surface area (TPSA) is 21.3 Å². The van der Waals surface area contributed by atoms with Crippen LogP contribution in [0.25, 0.3) is 0 Å². The molecule has 0 amide bonds. The second-order valence-electron chi connectivity index (χ2n) is 4.12. The van der Waals surface area contributed by atoms with Crippen molar-refractivity contribution in [2.24, 2.45) is 0 Å². The van der Waals surface area contributed by atoms with Crippen molar-refractivity contribution in [2.45, 2.75) is 18.9 Å². The van der Waals surface area contributed by atoms with Crippen molar-refractivity contribution in [2.75, 3.05) is 20.3 Å². The highest BCUT2D eigenvalue weighted by atomic mass is 32.1. The zero-order valence-corrected chi connectivity index (χ0v) is 12.2. The summed E-state index contributed by atoms with van der Waals surface area (Å²) in [5.41, 5.74) is 0. The van der Waals surface area contributed by atoms with Gasteiger partial charge in [0.05, 0.1) is 6.04 Å². The molecule has 18 heavy (non-hydrogen) atoms. The summed E-state index contributed by atoms with van der Waals surface area (Å²) < 4.78 is 5.07. The fourth-order valence-corrected chi connectivity index (χ4v) is 3.58. The maximum atomic E-state index is 5.07. The second-order valence-corrected chi connectivity index (χ2v) is 6.08. The first kappa shape index (κ1) is 13.7. The summed E-state index contributed by atoms with van der Waals surface area (Å²) in [6, 6.07) is 9.00. The molecule has 2 heterocycles. The van der Waals surface area contributed by atoms with Crippen LogP contribution in [-0.2, 0) is 4.74 Å². The Morgan fingerprint density at radius 2 is 1.78 bits per heavy atom. The van der Waals surface area contributed by atoms with Crippen LogP contribution < -0.4 is 5.32 Å². The molecular weight excluding hydrogens is 262 g/mol. The van der Waals surface area contributed by atoms with Crippen molar-refractivity contribution >= 4 is 22.7 Å². The maximum Gasteiger partial charge on any atom is 0.0764 e. The lowest BCUT2D eigenvalue weighted by Crippen LogP contribution is -2.22. The van der Waals surface area contributed by atoms with E-state index in [1.165, 1.54) is 9.75 Å². The van der Waals surface area contributed by atoms with Crippen LogP contribution >= 0.6 is 22.7 Å². The third-order valence-electron chi connectivity index (χ3n) is 2.78. The third kappa shape index (κ3) is 3.92. The van der Waals surface area contributed by atoms with E-state index in [2.05, 4.69) is 40.3 Å². The molecule has 98 valence electrons. The number of methoxy groups -OCH3 is 1. The Balaban J connectivity index is 1.90. The van der Waals surface area contributed by atoms with Crippen molar-refractivity contribution in [1.29, 1.82) is 0 Å². The van der Waals surface area contributed by atoms with Crippen LogP contribution in [0, 0.1) is 0 Å². The highest BCUT2D eigenvalue weighted by Gasteiger charge is 2.14. The predicted molar refractivity (Wildman–Crippen MR) is 79.6 cm³/mol. The minimum absolute atomic E-state index is 0.354. The van der Waals surface area contributed by atoms with E-state index in [0.717, 1.165) is 26.0 Å². The SMILES string of the molecule is COCCCCNC(c1cccs1)c1cccs1. The smallest absolute Gasteiger partial charge is 0.0764 e. The summed E-state index contributed by atoms with van der Waals surface area (Å²) in [4.78, 5) is 2.79. The van der Waals surface area contributed by atoms with Crippen LogP contribution in [0.15, 0.2) is 35.0 Å². The number of unbranched alkanes of at least 4 members (excludes halogenated alkanes) is 1. The molecule has 1 N–H and O–H groups in total. The third-order valence-corrected chi connectivity index (χ3v) is 4.65. The van der Waals surface area contributed by atoms with E-state index in [4.69, 9.17) is 4.74 Å². The molecule has 2 nitrogen and oxygen atoms in total. The summed E-state index contributed by atoms with van der Waals surface area (Å²) in [5.74, 6) is 0. The van der Waals surface area contributed by atoms with Gasteiger partial charge < -0.3 is 10.1 Å². The number of hydrogen-bond acceptors (Lipinski definition) is 4. The van der Waals surface area contributed by atoms with Gasteiger partial charge in [-0.2, -0.15) is 0 Å². The van der Waals surface area contributed by atoms with E-state index < -0.39 is 0 Å². The standard InChI is InChI=1S/C14H19NOS2/c1-16-9-3-2-8-15-14(12-6-4-10-17-12)13-7-5-11-18-13/h4-7,10-11,14-15H,2-3,8-9H2,1H3. The lowest BCUT2D eigenvalue weighted by atomic mass is 10.2. The van der Waals surface area contributed by atoms with Crippen LogP contribution in [0.5, 0.6) is 0 Å². The largest absolute Gasteiger partial charge is 0.385 e.